The first-order valence-corrected chi connectivity index (χ1v) is 12.4. The van der Waals surface area contributed by atoms with Gasteiger partial charge in [0.05, 0.1) is 12.9 Å². The van der Waals surface area contributed by atoms with Gasteiger partial charge in [-0.2, -0.15) is 0 Å². The van der Waals surface area contributed by atoms with Crippen molar-refractivity contribution < 1.29 is 9.53 Å². The number of methoxy groups -OCH3 is 1. The minimum atomic E-state index is -0.0225. The molecule has 4 aromatic rings. The fraction of sp³-hybridized carbons (Fsp3) is 0.296. The summed E-state index contributed by atoms with van der Waals surface area (Å²) in [5.41, 5.74) is 4.27. The number of hydrogen-bond acceptors (Lipinski definition) is 5. The Morgan fingerprint density at radius 1 is 1.12 bits per heavy atom. The van der Waals surface area contributed by atoms with Gasteiger partial charge in [0, 0.05) is 41.2 Å². The van der Waals surface area contributed by atoms with Gasteiger partial charge in [-0.15, -0.1) is 0 Å². The van der Waals surface area contributed by atoms with E-state index in [1.807, 2.05) is 43.5 Å². The van der Waals surface area contributed by atoms with Crippen molar-refractivity contribution in [2.75, 3.05) is 19.4 Å². The molecule has 176 valence electrons. The minimum Gasteiger partial charge on any atom is -0.497 e. The highest BCUT2D eigenvalue weighted by atomic mass is 32.2. The number of H-pyrrole nitrogens is 1. The van der Waals surface area contributed by atoms with E-state index in [1.54, 1.807) is 7.11 Å². The normalized spacial score (nSPS) is 12.1. The molecule has 0 saturated heterocycles. The Labute approximate surface area is 204 Å². The van der Waals surface area contributed by atoms with Crippen molar-refractivity contribution in [3.05, 3.63) is 83.4 Å². The Morgan fingerprint density at radius 2 is 1.88 bits per heavy atom. The third-order valence-corrected chi connectivity index (χ3v) is 6.65. The number of ether oxygens (including phenoxy) is 1. The number of nitrogens with one attached hydrogen (secondary N) is 2. The number of aromatic amines is 1. The van der Waals surface area contributed by atoms with Crippen LogP contribution in [0.1, 0.15) is 48.3 Å². The smallest absolute Gasteiger partial charge is 0.230 e. The van der Waals surface area contributed by atoms with Gasteiger partial charge < -0.3 is 15.0 Å². The highest BCUT2D eigenvalue weighted by Gasteiger charge is 2.19. The molecule has 0 unspecified atom stereocenters. The number of nitrogens with zero attached hydrogens (tertiary/aromatic N) is 2. The first-order valence-electron chi connectivity index (χ1n) is 11.4. The van der Waals surface area contributed by atoms with Gasteiger partial charge in [-0.1, -0.05) is 55.9 Å². The molecule has 0 saturated carbocycles. The maximum atomic E-state index is 12.8. The molecule has 0 radical (unpaired) electrons. The topological polar surface area (TPSA) is 79.9 Å². The second kappa shape index (κ2) is 10.7. The summed E-state index contributed by atoms with van der Waals surface area (Å²) >= 11 is 1.44. The number of thioether (sulfide) groups is 1. The van der Waals surface area contributed by atoms with E-state index in [2.05, 4.69) is 58.4 Å². The van der Waals surface area contributed by atoms with Gasteiger partial charge in [0.1, 0.15) is 16.6 Å². The molecule has 1 atom stereocenters. The van der Waals surface area contributed by atoms with Gasteiger partial charge in [0.15, 0.2) is 0 Å². The summed E-state index contributed by atoms with van der Waals surface area (Å²) < 4.78 is 5.32. The van der Waals surface area contributed by atoms with Gasteiger partial charge in [0.25, 0.3) is 0 Å². The van der Waals surface area contributed by atoms with Crippen molar-refractivity contribution in [1.29, 1.82) is 0 Å². The molecule has 0 aliphatic rings. The van der Waals surface area contributed by atoms with Crippen molar-refractivity contribution in [1.82, 2.24) is 20.3 Å². The lowest BCUT2D eigenvalue weighted by molar-refractivity contribution is -0.118. The largest absolute Gasteiger partial charge is 0.497 e. The van der Waals surface area contributed by atoms with Gasteiger partial charge in [-0.05, 0) is 42.3 Å². The molecule has 0 aliphatic heterocycles. The van der Waals surface area contributed by atoms with E-state index in [0.29, 0.717) is 12.3 Å². The van der Waals surface area contributed by atoms with E-state index in [9.17, 15) is 4.79 Å². The van der Waals surface area contributed by atoms with Crippen LogP contribution in [0.4, 0.5) is 0 Å². The molecule has 0 spiro atoms. The molecule has 2 N–H and O–H groups in total. The second-order valence-corrected chi connectivity index (χ2v) is 9.56. The molecule has 2 aromatic heterocycles. The van der Waals surface area contributed by atoms with Gasteiger partial charge in [0.2, 0.25) is 5.91 Å². The molecule has 0 bridgehead atoms. The van der Waals surface area contributed by atoms with E-state index in [4.69, 9.17) is 4.74 Å². The van der Waals surface area contributed by atoms with E-state index in [-0.39, 0.29) is 17.7 Å². The summed E-state index contributed by atoms with van der Waals surface area (Å²) in [6, 6.07) is 18.2. The number of fused-ring (bicyclic) bond motifs is 1. The van der Waals surface area contributed by atoms with Gasteiger partial charge in [-0.25, -0.2) is 9.97 Å². The first-order chi connectivity index (χ1) is 16.4. The standard InChI is InChI=1S/C27H30N4O2S/c1-17(2)27-30-18(3)13-26(31-27)34-16-25(32)29-14-22(19-9-11-20(33-4)12-10-19)23-15-28-24-8-6-5-7-21(23)24/h5-13,15,17,22,28H,14,16H2,1-4H3,(H,29,32)/t22-/m0/s1. The fourth-order valence-corrected chi connectivity index (χ4v) is 4.72. The van der Waals surface area contributed by atoms with E-state index >= 15 is 0 Å². The first kappa shape index (κ1) is 23.8. The summed E-state index contributed by atoms with van der Waals surface area (Å²) in [6.07, 6.45) is 2.04. The Morgan fingerprint density at radius 3 is 2.62 bits per heavy atom. The van der Waals surface area contributed by atoms with Gasteiger partial charge in [-0.3, -0.25) is 4.79 Å². The minimum absolute atomic E-state index is 0.00449. The molecule has 1 amide bonds. The maximum Gasteiger partial charge on any atom is 0.230 e. The Balaban J connectivity index is 1.49. The molecule has 7 heteroatoms. The van der Waals surface area contributed by atoms with Crippen LogP contribution in [-0.4, -0.2) is 40.3 Å². The maximum absolute atomic E-state index is 12.8. The number of hydrogen-bond donors (Lipinski definition) is 2. The van der Waals surface area contributed by atoms with Crippen molar-refractivity contribution in [3.63, 3.8) is 0 Å². The number of amides is 1. The molecular formula is C27H30N4O2S. The highest BCUT2D eigenvalue weighted by Crippen LogP contribution is 2.31. The molecule has 2 heterocycles. The van der Waals surface area contributed by atoms with Crippen molar-refractivity contribution in [3.8, 4) is 5.75 Å². The third kappa shape index (κ3) is 5.59. The fourth-order valence-electron chi connectivity index (χ4n) is 3.93. The zero-order valence-corrected chi connectivity index (χ0v) is 20.8. The van der Waals surface area contributed by atoms with Crippen LogP contribution in [0, 0.1) is 6.92 Å². The Hall–Kier alpha value is -3.32. The Kier molecular flexibility index (Phi) is 7.53. The van der Waals surface area contributed by atoms with Crippen LogP contribution >= 0.6 is 11.8 Å². The predicted octanol–water partition coefficient (Wildman–Crippen LogP) is 5.44. The van der Waals surface area contributed by atoms with Crippen LogP contribution in [0.2, 0.25) is 0 Å². The van der Waals surface area contributed by atoms with Crippen molar-refractivity contribution in [2.24, 2.45) is 0 Å². The number of para-hydroxylation sites is 1. The lowest BCUT2D eigenvalue weighted by atomic mass is 9.91. The number of carbonyl (C=O) groups excluding carboxylic acids is 1. The lowest BCUT2D eigenvalue weighted by Crippen LogP contribution is -2.30. The van der Waals surface area contributed by atoms with Crippen LogP contribution in [0.5, 0.6) is 5.75 Å². The Bertz CT molecular complexity index is 1270. The van der Waals surface area contributed by atoms with Crippen LogP contribution < -0.4 is 10.1 Å². The molecule has 0 fully saturated rings. The molecule has 2 aromatic carbocycles. The summed E-state index contributed by atoms with van der Waals surface area (Å²) in [5, 5.41) is 5.12. The summed E-state index contributed by atoms with van der Waals surface area (Å²) in [6.45, 7) is 6.59. The average Bonchev–Trinajstić information content (AvgIpc) is 3.27. The monoisotopic (exact) mass is 474 g/mol. The molecule has 4 rings (SSSR count). The molecular weight excluding hydrogens is 444 g/mol. The van der Waals surface area contributed by atoms with E-state index in [1.165, 1.54) is 11.8 Å². The van der Waals surface area contributed by atoms with E-state index < -0.39 is 0 Å². The second-order valence-electron chi connectivity index (χ2n) is 8.57. The third-order valence-electron chi connectivity index (χ3n) is 5.73. The number of rotatable bonds is 9. The predicted molar refractivity (Wildman–Crippen MR) is 138 cm³/mol. The van der Waals surface area contributed by atoms with Gasteiger partial charge >= 0.3 is 0 Å². The summed E-state index contributed by atoms with van der Waals surface area (Å²) in [7, 11) is 1.66. The van der Waals surface area contributed by atoms with Crippen LogP contribution in [0.3, 0.4) is 0 Å². The van der Waals surface area contributed by atoms with Crippen LogP contribution in [-0.2, 0) is 4.79 Å². The molecule has 34 heavy (non-hydrogen) atoms. The SMILES string of the molecule is COc1ccc([C@H](CNC(=O)CSc2cc(C)nc(C(C)C)n2)c2c[nH]c3ccccc23)cc1. The van der Waals surface area contributed by atoms with Crippen LogP contribution in [0.25, 0.3) is 10.9 Å². The van der Waals surface area contributed by atoms with E-state index in [0.717, 1.165) is 44.3 Å². The molecule has 6 nitrogen and oxygen atoms in total. The summed E-state index contributed by atoms with van der Waals surface area (Å²) in [5.74, 6) is 2.15. The highest BCUT2D eigenvalue weighted by molar-refractivity contribution is 7.99. The molecule has 0 aliphatic carbocycles. The summed E-state index contributed by atoms with van der Waals surface area (Å²) in [4.78, 5) is 25.2. The quantitative estimate of drug-likeness (QED) is 0.249. The zero-order valence-electron chi connectivity index (χ0n) is 20.0. The lowest BCUT2D eigenvalue weighted by Gasteiger charge is -2.18. The number of benzene rings is 2. The number of aromatic nitrogens is 3. The van der Waals surface area contributed by atoms with Crippen molar-refractivity contribution >= 4 is 28.6 Å². The van der Waals surface area contributed by atoms with Crippen LogP contribution in [0.15, 0.2) is 65.8 Å². The average molecular weight is 475 g/mol. The zero-order chi connectivity index (χ0) is 24.1. The number of carbonyl (C=O) groups is 1. The van der Waals surface area contributed by atoms with Crippen molar-refractivity contribution in [2.45, 2.75) is 37.6 Å². The number of aryl methyl sites for hydroxylation is 1.